The van der Waals surface area contributed by atoms with E-state index in [2.05, 4.69) is 0 Å². The van der Waals surface area contributed by atoms with E-state index in [1.165, 1.54) is 6.08 Å². The molecule has 1 aromatic heterocycles. The maximum absolute atomic E-state index is 12.9. The Labute approximate surface area is 216 Å². The molecule has 6 nitrogen and oxygen atoms in total. The van der Waals surface area contributed by atoms with Crippen LogP contribution in [-0.2, 0) is 16.1 Å². The molecule has 2 heterocycles. The molecule has 2 amide bonds. The van der Waals surface area contributed by atoms with Crippen molar-refractivity contribution in [3.63, 3.8) is 0 Å². The fraction of sp³-hybridized carbons (Fsp3) is 0.192. The molecule has 1 aliphatic heterocycles. The molecule has 1 saturated heterocycles. The van der Waals surface area contributed by atoms with Gasteiger partial charge >= 0.3 is 5.97 Å². The lowest BCUT2D eigenvalue weighted by molar-refractivity contribution is -0.123. The van der Waals surface area contributed by atoms with Crippen LogP contribution in [0.5, 0.6) is 0 Å². The number of imide groups is 1. The van der Waals surface area contributed by atoms with E-state index in [0.717, 1.165) is 35.1 Å². The van der Waals surface area contributed by atoms with Crippen LogP contribution in [0.3, 0.4) is 0 Å². The number of carbonyl (C=O) groups is 3. The number of hydrogen-bond acceptors (Lipinski definition) is 6. The van der Waals surface area contributed by atoms with Crippen LogP contribution in [0.2, 0.25) is 10.0 Å². The summed E-state index contributed by atoms with van der Waals surface area (Å²) >= 11 is 13.2. The summed E-state index contributed by atoms with van der Waals surface area (Å²) in [6.45, 7) is 2.41. The Morgan fingerprint density at radius 1 is 1.06 bits per heavy atom. The molecule has 0 aliphatic carbocycles. The number of amides is 2. The molecule has 0 N–H and O–H groups in total. The second-order valence-electron chi connectivity index (χ2n) is 7.74. The highest BCUT2D eigenvalue weighted by molar-refractivity contribution is 8.18. The Morgan fingerprint density at radius 2 is 1.77 bits per heavy atom. The first-order valence-electron chi connectivity index (χ1n) is 10.9. The van der Waals surface area contributed by atoms with Crippen molar-refractivity contribution in [2.45, 2.75) is 26.3 Å². The summed E-state index contributed by atoms with van der Waals surface area (Å²) in [6, 6.07) is 15.4. The monoisotopic (exact) mass is 529 g/mol. The van der Waals surface area contributed by atoms with Crippen molar-refractivity contribution in [1.29, 1.82) is 0 Å². The molecular weight excluding hydrogens is 509 g/mol. The number of hydrogen-bond donors (Lipinski definition) is 0. The van der Waals surface area contributed by atoms with Gasteiger partial charge in [-0.05, 0) is 54.6 Å². The molecule has 0 atom stereocenters. The van der Waals surface area contributed by atoms with Gasteiger partial charge in [0.1, 0.15) is 11.5 Å². The van der Waals surface area contributed by atoms with Crippen LogP contribution in [-0.4, -0.2) is 28.6 Å². The van der Waals surface area contributed by atoms with Gasteiger partial charge < -0.3 is 9.15 Å². The summed E-state index contributed by atoms with van der Waals surface area (Å²) in [6.07, 6.45) is 3.31. The predicted octanol–water partition coefficient (Wildman–Crippen LogP) is 7.45. The van der Waals surface area contributed by atoms with E-state index >= 15 is 0 Å². The van der Waals surface area contributed by atoms with Gasteiger partial charge in [-0.3, -0.25) is 14.5 Å². The van der Waals surface area contributed by atoms with Crippen LogP contribution in [0.25, 0.3) is 17.4 Å². The highest BCUT2D eigenvalue weighted by atomic mass is 35.5. The number of nitrogens with zero attached hydrogens (tertiary/aromatic N) is 1. The van der Waals surface area contributed by atoms with E-state index in [9.17, 15) is 14.4 Å². The van der Waals surface area contributed by atoms with E-state index in [4.69, 9.17) is 32.4 Å². The number of thioether (sulfide) groups is 1. The van der Waals surface area contributed by atoms with Crippen molar-refractivity contribution in [3.05, 3.63) is 86.4 Å². The number of ether oxygens (including phenoxy) is 1. The molecular formula is C26H21Cl2NO5S. The van der Waals surface area contributed by atoms with Crippen molar-refractivity contribution in [1.82, 2.24) is 4.90 Å². The Balaban J connectivity index is 1.46. The summed E-state index contributed by atoms with van der Waals surface area (Å²) in [5.74, 6) is 0.173. The number of furan rings is 1. The summed E-state index contributed by atoms with van der Waals surface area (Å²) in [7, 11) is 0. The molecule has 0 unspecified atom stereocenters. The molecule has 9 heteroatoms. The van der Waals surface area contributed by atoms with E-state index in [1.54, 1.807) is 54.6 Å². The number of carbonyl (C=O) groups excluding carboxylic acids is 3. The number of halogens is 2. The smallest absolute Gasteiger partial charge is 0.338 e. The second kappa shape index (κ2) is 11.2. The lowest BCUT2D eigenvalue weighted by atomic mass is 10.1. The molecule has 4 rings (SSSR count). The van der Waals surface area contributed by atoms with E-state index in [0.29, 0.717) is 39.3 Å². The lowest BCUT2D eigenvalue weighted by Crippen LogP contribution is -2.27. The number of esters is 1. The third-order valence-corrected chi connectivity index (χ3v) is 6.90. The van der Waals surface area contributed by atoms with Gasteiger partial charge in [0.15, 0.2) is 0 Å². The number of unbranched alkanes of at least 4 members (excludes halogenated alkanes) is 1. The number of rotatable bonds is 8. The zero-order chi connectivity index (χ0) is 24.9. The molecule has 35 heavy (non-hydrogen) atoms. The zero-order valence-electron chi connectivity index (χ0n) is 18.8. The molecule has 0 saturated carbocycles. The van der Waals surface area contributed by atoms with Gasteiger partial charge in [0, 0.05) is 27.2 Å². The maximum Gasteiger partial charge on any atom is 0.338 e. The molecule has 0 radical (unpaired) electrons. The molecule has 3 aromatic rings. The molecule has 1 fully saturated rings. The lowest BCUT2D eigenvalue weighted by Gasteiger charge is -2.14. The SMILES string of the molecule is CCCCOC(=O)c1ccc(-c2ccc(/C=C3\SC(=O)N(Cc4c(Cl)cccc4Cl)C3=O)o2)cc1. The van der Waals surface area contributed by atoms with Crippen LogP contribution in [0.1, 0.15) is 41.4 Å². The number of benzene rings is 2. The van der Waals surface area contributed by atoms with Crippen molar-refractivity contribution < 1.29 is 23.5 Å². The van der Waals surface area contributed by atoms with E-state index < -0.39 is 11.1 Å². The minimum atomic E-state index is -0.445. The predicted molar refractivity (Wildman–Crippen MR) is 137 cm³/mol. The molecule has 2 aromatic carbocycles. The molecule has 1 aliphatic rings. The fourth-order valence-electron chi connectivity index (χ4n) is 3.36. The Morgan fingerprint density at radius 3 is 2.46 bits per heavy atom. The van der Waals surface area contributed by atoms with Crippen LogP contribution in [0.15, 0.2) is 63.9 Å². The van der Waals surface area contributed by atoms with Crippen molar-refractivity contribution in [2.75, 3.05) is 6.61 Å². The standard InChI is InChI=1S/C26H21Cl2NO5S/c1-2-3-13-33-25(31)17-9-7-16(8-10-17)22-12-11-18(34-22)14-23-24(30)29(26(32)35-23)15-19-20(27)5-4-6-21(19)28/h4-12,14H,2-3,13,15H2,1H3/b23-14-. The maximum atomic E-state index is 12.9. The van der Waals surface area contributed by atoms with Gasteiger partial charge in [0.05, 0.1) is 23.6 Å². The summed E-state index contributed by atoms with van der Waals surface area (Å²) in [5, 5.41) is 0.360. The van der Waals surface area contributed by atoms with Crippen LogP contribution < -0.4 is 0 Å². The van der Waals surface area contributed by atoms with Gasteiger partial charge in [-0.25, -0.2) is 4.79 Å². The van der Waals surface area contributed by atoms with Gasteiger partial charge in [0.25, 0.3) is 11.1 Å². The quantitative estimate of drug-likeness (QED) is 0.171. The molecule has 0 bridgehead atoms. The van der Waals surface area contributed by atoms with Gasteiger partial charge in [-0.15, -0.1) is 0 Å². The van der Waals surface area contributed by atoms with Crippen LogP contribution in [0.4, 0.5) is 4.79 Å². The summed E-state index contributed by atoms with van der Waals surface area (Å²) < 4.78 is 11.1. The fourth-order valence-corrected chi connectivity index (χ4v) is 4.69. The minimum absolute atomic E-state index is 0.0167. The van der Waals surface area contributed by atoms with Crippen LogP contribution in [0, 0.1) is 0 Å². The summed E-state index contributed by atoms with van der Waals surface area (Å²) in [5.41, 5.74) is 1.73. The van der Waals surface area contributed by atoms with Crippen molar-refractivity contribution in [3.8, 4) is 11.3 Å². The van der Waals surface area contributed by atoms with Gasteiger partial charge in [0.2, 0.25) is 0 Å². The average molecular weight is 530 g/mol. The van der Waals surface area contributed by atoms with Crippen LogP contribution >= 0.6 is 35.0 Å². The van der Waals surface area contributed by atoms with E-state index in [1.807, 2.05) is 6.92 Å². The Hall–Kier alpha value is -3.00. The Bertz CT molecular complexity index is 1280. The topological polar surface area (TPSA) is 76.8 Å². The minimum Gasteiger partial charge on any atom is -0.462 e. The largest absolute Gasteiger partial charge is 0.462 e. The molecule has 0 spiro atoms. The highest BCUT2D eigenvalue weighted by Crippen LogP contribution is 2.36. The third kappa shape index (κ3) is 5.81. The van der Waals surface area contributed by atoms with Crippen molar-refractivity contribution in [2.24, 2.45) is 0 Å². The van der Waals surface area contributed by atoms with Gasteiger partial charge in [-0.1, -0.05) is 54.7 Å². The molecule has 180 valence electrons. The second-order valence-corrected chi connectivity index (χ2v) is 9.54. The van der Waals surface area contributed by atoms with E-state index in [-0.39, 0.29) is 17.4 Å². The first-order chi connectivity index (χ1) is 16.9. The third-order valence-electron chi connectivity index (χ3n) is 5.29. The Kier molecular flexibility index (Phi) is 8.00. The zero-order valence-corrected chi connectivity index (χ0v) is 21.1. The first kappa shape index (κ1) is 25.1. The van der Waals surface area contributed by atoms with Crippen molar-refractivity contribution >= 4 is 58.2 Å². The normalized spacial score (nSPS) is 14.7. The summed E-state index contributed by atoms with van der Waals surface area (Å²) in [4.78, 5) is 38.8. The average Bonchev–Trinajstić information content (AvgIpc) is 3.41. The highest BCUT2D eigenvalue weighted by Gasteiger charge is 2.36. The van der Waals surface area contributed by atoms with Gasteiger partial charge in [-0.2, -0.15) is 0 Å². The first-order valence-corrected chi connectivity index (χ1v) is 12.5.